The number of hydrogen-bond acceptors (Lipinski definition) is 2. The Morgan fingerprint density at radius 1 is 0.480 bits per heavy atom. The van der Waals surface area contributed by atoms with Crippen molar-refractivity contribution < 1.29 is 8.85 Å². The lowest BCUT2D eigenvalue weighted by Crippen LogP contribution is -2.66. The third-order valence-corrected chi connectivity index (χ3v) is 21.4. The molecule has 0 aliphatic carbocycles. The van der Waals surface area contributed by atoms with Crippen LogP contribution in [-0.2, 0) is 8.85 Å². The topological polar surface area (TPSA) is 18.5 Å². The molecule has 0 aliphatic heterocycles. The van der Waals surface area contributed by atoms with Gasteiger partial charge in [-0.2, -0.15) is 0 Å². The van der Waals surface area contributed by atoms with E-state index in [1.165, 1.54) is 0 Å². The van der Waals surface area contributed by atoms with Gasteiger partial charge in [-0.05, 0) is 39.7 Å². The Bertz CT molecular complexity index is 349. The first-order valence-electron chi connectivity index (χ1n) is 10.1. The van der Waals surface area contributed by atoms with Crippen LogP contribution in [0.2, 0.25) is 25.8 Å². The second-order valence-electron chi connectivity index (χ2n) is 11.7. The lowest BCUT2D eigenvalue weighted by molar-refractivity contribution is 0.252. The van der Waals surface area contributed by atoms with E-state index >= 15 is 0 Å². The third kappa shape index (κ3) is 4.80. The van der Waals surface area contributed by atoms with Gasteiger partial charge in [0.15, 0.2) is 0 Å². The summed E-state index contributed by atoms with van der Waals surface area (Å²) in [6, 6.07) is 0. The molecule has 25 heavy (non-hydrogen) atoms. The molecule has 0 aliphatic rings. The molecule has 2 nitrogen and oxygen atoms in total. The lowest BCUT2D eigenvalue weighted by Gasteiger charge is -2.59. The second kappa shape index (κ2) is 7.77. The fourth-order valence-electron chi connectivity index (χ4n) is 5.12. The molecule has 0 atom stereocenters. The molecule has 0 saturated carbocycles. The van der Waals surface area contributed by atoms with Crippen LogP contribution in [0.1, 0.15) is 96.9 Å². The van der Waals surface area contributed by atoms with Crippen LogP contribution in [0.5, 0.6) is 0 Å². The van der Waals surface area contributed by atoms with Gasteiger partial charge < -0.3 is 8.85 Å². The van der Waals surface area contributed by atoms with Gasteiger partial charge in [0.2, 0.25) is 16.6 Å². The summed E-state index contributed by atoms with van der Waals surface area (Å²) in [5.41, 5.74) is 1.15. The van der Waals surface area contributed by atoms with E-state index < -0.39 is 16.6 Å². The first kappa shape index (κ1) is 25.4. The summed E-state index contributed by atoms with van der Waals surface area (Å²) < 4.78 is 13.7. The van der Waals surface area contributed by atoms with Gasteiger partial charge in [0, 0.05) is 13.2 Å². The maximum Gasteiger partial charge on any atom is 0.202 e. The maximum absolute atomic E-state index is 6.84. The molecule has 0 spiro atoms. The monoisotopic (exact) mass is 388 g/mol. The van der Waals surface area contributed by atoms with E-state index in [0.29, 0.717) is 0 Å². The summed E-state index contributed by atoms with van der Waals surface area (Å²) in [6.45, 7) is 34.7. The second-order valence-corrected chi connectivity index (χ2v) is 23.0. The minimum Gasteiger partial charge on any atom is -0.416 e. The Balaban J connectivity index is 6.74. The van der Waals surface area contributed by atoms with Crippen molar-refractivity contribution in [3.63, 3.8) is 0 Å². The predicted octanol–water partition coefficient (Wildman–Crippen LogP) is 7.69. The molecule has 0 unspecified atom stereocenters. The molecule has 0 aromatic heterocycles. The molecule has 0 radical (unpaired) electrons. The van der Waals surface area contributed by atoms with E-state index in [4.69, 9.17) is 8.85 Å². The van der Waals surface area contributed by atoms with Gasteiger partial charge in [0.25, 0.3) is 0 Å². The van der Waals surface area contributed by atoms with E-state index in [0.717, 1.165) is 18.9 Å². The molecule has 0 heterocycles. The average Bonchev–Trinajstić information content (AvgIpc) is 2.31. The van der Waals surface area contributed by atoms with E-state index in [2.05, 4.69) is 96.9 Å². The lowest BCUT2D eigenvalue weighted by atomic mass is 10.2. The summed E-state index contributed by atoms with van der Waals surface area (Å²) >= 11 is 0. The number of rotatable bonds is 6. The van der Waals surface area contributed by atoms with Crippen LogP contribution >= 0.6 is 0 Å². The summed E-state index contributed by atoms with van der Waals surface area (Å²) in [6.07, 6.45) is 0. The van der Waals surface area contributed by atoms with Crippen LogP contribution in [0, 0.1) is 0 Å². The van der Waals surface area contributed by atoms with Gasteiger partial charge in [-0.25, -0.2) is 0 Å². The van der Waals surface area contributed by atoms with Crippen molar-refractivity contribution in [2.75, 3.05) is 13.2 Å². The molecular weight excluding hydrogens is 340 g/mol. The SMILES string of the molecule is CCO[Si](C[Si](OCC)(C(C)(C)C)C(C)(C)C)(C(C)(C)C)C(C)(C)C. The minimum absolute atomic E-state index is 0.160. The van der Waals surface area contributed by atoms with E-state index in [-0.39, 0.29) is 20.2 Å². The van der Waals surface area contributed by atoms with Gasteiger partial charge in [-0.1, -0.05) is 83.1 Å². The van der Waals surface area contributed by atoms with Gasteiger partial charge in [-0.3, -0.25) is 0 Å². The summed E-state index contributed by atoms with van der Waals surface area (Å²) in [5, 5.41) is 0.639. The summed E-state index contributed by atoms with van der Waals surface area (Å²) in [7, 11) is -4.31. The Kier molecular flexibility index (Phi) is 7.88. The zero-order valence-electron chi connectivity index (χ0n) is 19.9. The normalized spacial score (nSPS) is 15.6. The highest BCUT2D eigenvalue weighted by atomic mass is 28.4. The van der Waals surface area contributed by atoms with Crippen molar-refractivity contribution >= 4 is 16.6 Å². The van der Waals surface area contributed by atoms with E-state index in [9.17, 15) is 0 Å². The molecule has 0 amide bonds. The average molecular weight is 389 g/mol. The minimum atomic E-state index is -2.15. The molecule has 4 heteroatoms. The zero-order valence-corrected chi connectivity index (χ0v) is 21.9. The van der Waals surface area contributed by atoms with Gasteiger partial charge in [0.1, 0.15) is 0 Å². The van der Waals surface area contributed by atoms with Crippen LogP contribution in [0.3, 0.4) is 0 Å². The van der Waals surface area contributed by atoms with E-state index in [1.54, 1.807) is 0 Å². The van der Waals surface area contributed by atoms with E-state index in [1.807, 2.05) is 0 Å². The summed E-state index contributed by atoms with van der Waals surface area (Å²) in [4.78, 5) is 0. The van der Waals surface area contributed by atoms with Gasteiger partial charge in [0.05, 0.1) is 0 Å². The Morgan fingerprint density at radius 2 is 0.680 bits per heavy atom. The zero-order chi connectivity index (χ0) is 20.5. The highest BCUT2D eigenvalue weighted by Gasteiger charge is 2.65. The quantitative estimate of drug-likeness (QED) is 0.434. The van der Waals surface area contributed by atoms with Crippen molar-refractivity contribution in [3.8, 4) is 0 Å². The predicted molar refractivity (Wildman–Crippen MR) is 118 cm³/mol. The summed E-state index contributed by atoms with van der Waals surface area (Å²) in [5.74, 6) is 0. The standard InChI is InChI=1S/C21H48O2Si2/c1-15-22-24(18(3,4)5,19(6,7)8)17-25(23-16-2,20(9,10)11)21(12,13)14/h15-17H2,1-14H3. The van der Waals surface area contributed by atoms with Crippen LogP contribution in [-0.4, -0.2) is 29.8 Å². The van der Waals surface area contributed by atoms with Crippen LogP contribution in [0.15, 0.2) is 0 Å². The number of hydrogen-bond donors (Lipinski definition) is 0. The molecule has 0 aromatic carbocycles. The molecular formula is C21H48O2Si2. The van der Waals surface area contributed by atoms with Crippen LogP contribution < -0.4 is 0 Å². The van der Waals surface area contributed by atoms with Crippen LogP contribution in [0.4, 0.5) is 0 Å². The molecule has 0 N–H and O–H groups in total. The van der Waals surface area contributed by atoms with Gasteiger partial charge in [-0.15, -0.1) is 0 Å². The van der Waals surface area contributed by atoms with Gasteiger partial charge >= 0.3 is 0 Å². The molecule has 0 bridgehead atoms. The highest BCUT2D eigenvalue weighted by molar-refractivity contribution is 6.96. The van der Waals surface area contributed by atoms with Crippen molar-refractivity contribution in [2.45, 2.75) is 123 Å². The molecule has 152 valence electrons. The fourth-order valence-corrected chi connectivity index (χ4v) is 24.4. The van der Waals surface area contributed by atoms with Crippen molar-refractivity contribution in [3.05, 3.63) is 0 Å². The Labute approximate surface area is 161 Å². The first-order valence-corrected chi connectivity index (χ1v) is 14.3. The van der Waals surface area contributed by atoms with Crippen molar-refractivity contribution in [1.29, 1.82) is 0 Å². The molecule has 0 fully saturated rings. The molecule has 0 aromatic rings. The Hall–Kier alpha value is 0.354. The fraction of sp³-hybridized carbons (Fsp3) is 1.00. The third-order valence-electron chi connectivity index (χ3n) is 6.13. The highest BCUT2D eigenvalue weighted by Crippen LogP contribution is 2.62. The van der Waals surface area contributed by atoms with Crippen molar-refractivity contribution in [1.82, 2.24) is 0 Å². The molecule has 0 rings (SSSR count). The first-order chi connectivity index (χ1) is 10.8. The smallest absolute Gasteiger partial charge is 0.202 e. The maximum atomic E-state index is 6.84. The largest absolute Gasteiger partial charge is 0.416 e. The van der Waals surface area contributed by atoms with Crippen molar-refractivity contribution in [2.24, 2.45) is 0 Å². The van der Waals surface area contributed by atoms with Crippen LogP contribution in [0.25, 0.3) is 0 Å². The molecule has 0 saturated heterocycles. The Morgan fingerprint density at radius 3 is 0.800 bits per heavy atom.